The zero-order chi connectivity index (χ0) is 19.2. The Labute approximate surface area is 158 Å². The van der Waals surface area contributed by atoms with Crippen molar-refractivity contribution in [3.05, 3.63) is 41.9 Å². The zero-order valence-corrected chi connectivity index (χ0v) is 16.3. The fourth-order valence-electron chi connectivity index (χ4n) is 4.02. The van der Waals surface area contributed by atoms with Crippen molar-refractivity contribution in [2.24, 2.45) is 5.41 Å². The zero-order valence-electron chi connectivity index (χ0n) is 15.4. The predicted molar refractivity (Wildman–Crippen MR) is 101 cm³/mol. The molecule has 1 aliphatic heterocycles. The molecule has 1 saturated carbocycles. The molecule has 1 aromatic heterocycles. The van der Waals surface area contributed by atoms with E-state index in [1.165, 1.54) is 12.6 Å². The van der Waals surface area contributed by atoms with Crippen LogP contribution in [0.15, 0.2) is 35.1 Å². The standard InChI is InChI=1S/C19H23N3O4S/c1-13-4-3-5-14(10-13)17-16(20-12-26-17)18(23)22-8-6-19(7-9-22)11-15(19)21-27(2,24)25/h3-5,10,12,15,21H,6-9,11H2,1-2H3. The lowest BCUT2D eigenvalue weighted by atomic mass is 9.92. The number of nitrogens with zero attached hydrogens (tertiary/aromatic N) is 2. The second-order valence-corrected chi connectivity index (χ2v) is 9.48. The van der Waals surface area contributed by atoms with Crippen LogP contribution in [0.5, 0.6) is 0 Å². The third-order valence-electron chi connectivity index (χ3n) is 5.64. The number of nitrogens with one attached hydrogen (secondary N) is 1. The first-order valence-corrected chi connectivity index (χ1v) is 10.9. The number of aryl methyl sites for hydroxylation is 1. The normalized spacial score (nSPS) is 21.4. The smallest absolute Gasteiger partial charge is 0.276 e. The van der Waals surface area contributed by atoms with E-state index in [2.05, 4.69) is 9.71 Å². The fourth-order valence-corrected chi connectivity index (χ4v) is 4.87. The Balaban J connectivity index is 1.45. The molecule has 1 aromatic carbocycles. The number of hydrogen-bond acceptors (Lipinski definition) is 5. The summed E-state index contributed by atoms with van der Waals surface area (Å²) in [7, 11) is -3.19. The summed E-state index contributed by atoms with van der Waals surface area (Å²) in [6.45, 7) is 3.18. The highest BCUT2D eigenvalue weighted by Gasteiger charge is 2.56. The summed E-state index contributed by atoms with van der Waals surface area (Å²) >= 11 is 0. The monoisotopic (exact) mass is 389 g/mol. The maximum absolute atomic E-state index is 13.0. The summed E-state index contributed by atoms with van der Waals surface area (Å²) in [6.07, 6.45) is 4.94. The minimum absolute atomic E-state index is 0.000317. The molecule has 7 nitrogen and oxygen atoms in total. The van der Waals surface area contributed by atoms with Crippen LogP contribution in [0.25, 0.3) is 11.3 Å². The number of piperidine rings is 1. The molecule has 2 aliphatic rings. The maximum Gasteiger partial charge on any atom is 0.276 e. The minimum atomic E-state index is -3.19. The molecule has 2 heterocycles. The Morgan fingerprint density at radius 2 is 2.07 bits per heavy atom. The first-order valence-electron chi connectivity index (χ1n) is 9.05. The Hall–Kier alpha value is -2.19. The summed E-state index contributed by atoms with van der Waals surface area (Å²) in [4.78, 5) is 18.9. The number of hydrogen-bond donors (Lipinski definition) is 1. The van der Waals surface area contributed by atoms with Crippen molar-refractivity contribution >= 4 is 15.9 Å². The van der Waals surface area contributed by atoms with Gasteiger partial charge in [0.05, 0.1) is 6.26 Å². The average molecular weight is 389 g/mol. The second-order valence-electron chi connectivity index (χ2n) is 7.70. The predicted octanol–water partition coefficient (Wildman–Crippen LogP) is 2.19. The van der Waals surface area contributed by atoms with E-state index < -0.39 is 10.0 Å². The lowest BCUT2D eigenvalue weighted by molar-refractivity contribution is 0.0669. The minimum Gasteiger partial charge on any atom is -0.443 e. The molecule has 1 amide bonds. The highest BCUT2D eigenvalue weighted by molar-refractivity contribution is 7.88. The van der Waals surface area contributed by atoms with Crippen molar-refractivity contribution in [2.45, 2.75) is 32.2 Å². The number of sulfonamides is 1. The molecule has 1 atom stereocenters. The van der Waals surface area contributed by atoms with Crippen LogP contribution in [0.1, 0.15) is 35.3 Å². The lowest BCUT2D eigenvalue weighted by Gasteiger charge is -2.32. The van der Waals surface area contributed by atoms with Crippen molar-refractivity contribution in [3.8, 4) is 11.3 Å². The van der Waals surface area contributed by atoms with Gasteiger partial charge >= 0.3 is 0 Å². The number of carbonyl (C=O) groups is 1. The Kier molecular flexibility index (Phi) is 4.35. The molecular weight excluding hydrogens is 366 g/mol. The van der Waals surface area contributed by atoms with Gasteiger partial charge < -0.3 is 9.32 Å². The quantitative estimate of drug-likeness (QED) is 0.865. The summed E-state index contributed by atoms with van der Waals surface area (Å²) in [6, 6.07) is 7.78. The Bertz CT molecular complexity index is 974. The molecule has 2 aromatic rings. The molecule has 1 spiro atoms. The van der Waals surface area contributed by atoms with E-state index in [9.17, 15) is 13.2 Å². The van der Waals surface area contributed by atoms with Gasteiger partial charge in [0.25, 0.3) is 5.91 Å². The highest BCUT2D eigenvalue weighted by Crippen LogP contribution is 2.54. The van der Waals surface area contributed by atoms with Crippen LogP contribution in [0.3, 0.4) is 0 Å². The number of oxazole rings is 1. The molecule has 4 rings (SSSR count). The SMILES string of the molecule is Cc1cccc(-c2ocnc2C(=O)N2CCC3(CC2)CC3NS(C)(=O)=O)c1. The number of aromatic nitrogens is 1. The van der Waals surface area contributed by atoms with E-state index in [-0.39, 0.29) is 17.4 Å². The van der Waals surface area contributed by atoms with Gasteiger partial charge in [-0.05, 0) is 37.7 Å². The summed E-state index contributed by atoms with van der Waals surface area (Å²) < 4.78 is 31.1. The van der Waals surface area contributed by atoms with Crippen molar-refractivity contribution in [1.82, 2.24) is 14.6 Å². The molecule has 0 radical (unpaired) electrons. The van der Waals surface area contributed by atoms with Crippen LogP contribution in [0, 0.1) is 12.3 Å². The summed E-state index contributed by atoms with van der Waals surface area (Å²) in [5.74, 6) is 0.357. The Morgan fingerprint density at radius 3 is 2.74 bits per heavy atom. The average Bonchev–Trinajstić information content (AvgIpc) is 3.05. The van der Waals surface area contributed by atoms with Crippen molar-refractivity contribution in [3.63, 3.8) is 0 Å². The van der Waals surface area contributed by atoms with Gasteiger partial charge in [-0.3, -0.25) is 4.79 Å². The van der Waals surface area contributed by atoms with Gasteiger partial charge in [-0.25, -0.2) is 18.1 Å². The molecule has 1 N–H and O–H groups in total. The van der Waals surface area contributed by atoms with Crippen molar-refractivity contribution in [1.29, 1.82) is 0 Å². The van der Waals surface area contributed by atoms with Gasteiger partial charge in [0.2, 0.25) is 10.0 Å². The van der Waals surface area contributed by atoms with Gasteiger partial charge in [0.15, 0.2) is 17.8 Å². The van der Waals surface area contributed by atoms with Gasteiger partial charge in [-0.15, -0.1) is 0 Å². The molecule has 1 saturated heterocycles. The number of benzene rings is 1. The highest BCUT2D eigenvalue weighted by atomic mass is 32.2. The van der Waals surface area contributed by atoms with Crippen LogP contribution in [-0.4, -0.2) is 49.6 Å². The van der Waals surface area contributed by atoms with E-state index in [0.717, 1.165) is 30.4 Å². The van der Waals surface area contributed by atoms with Crippen LogP contribution in [0.4, 0.5) is 0 Å². The summed E-state index contributed by atoms with van der Waals surface area (Å²) in [5.41, 5.74) is 2.26. The Morgan fingerprint density at radius 1 is 1.33 bits per heavy atom. The van der Waals surface area contributed by atoms with Crippen molar-refractivity contribution < 1.29 is 17.6 Å². The van der Waals surface area contributed by atoms with E-state index in [1.54, 1.807) is 4.90 Å². The first kappa shape index (κ1) is 18.2. The third kappa shape index (κ3) is 3.64. The topological polar surface area (TPSA) is 92.5 Å². The molecule has 2 fully saturated rings. The molecular formula is C19H23N3O4S. The lowest BCUT2D eigenvalue weighted by Crippen LogP contribution is -2.41. The first-order chi connectivity index (χ1) is 12.8. The number of amides is 1. The molecule has 0 bridgehead atoms. The van der Waals surface area contributed by atoms with Gasteiger partial charge in [0.1, 0.15) is 0 Å². The molecule has 27 heavy (non-hydrogen) atoms. The maximum atomic E-state index is 13.0. The van der Waals surface area contributed by atoms with Crippen molar-refractivity contribution in [2.75, 3.05) is 19.3 Å². The molecule has 1 unspecified atom stereocenters. The molecule has 144 valence electrons. The number of carbonyl (C=O) groups excluding carboxylic acids is 1. The van der Waals surface area contributed by atoms with Gasteiger partial charge in [-0.2, -0.15) is 0 Å². The van der Waals surface area contributed by atoms with Gasteiger partial charge in [-0.1, -0.05) is 23.8 Å². The van der Waals surface area contributed by atoms with Crippen LogP contribution >= 0.6 is 0 Å². The van der Waals surface area contributed by atoms with Gasteiger partial charge in [0, 0.05) is 24.7 Å². The second kappa shape index (κ2) is 6.45. The number of rotatable bonds is 4. The molecule has 1 aliphatic carbocycles. The van der Waals surface area contributed by atoms with E-state index in [0.29, 0.717) is 24.5 Å². The number of likely N-dealkylation sites (tertiary alicyclic amines) is 1. The van der Waals surface area contributed by atoms with Crippen LogP contribution in [-0.2, 0) is 10.0 Å². The summed E-state index contributed by atoms with van der Waals surface area (Å²) in [5, 5.41) is 0. The van der Waals surface area contributed by atoms with E-state index in [1.807, 2.05) is 31.2 Å². The fraction of sp³-hybridized carbons (Fsp3) is 0.474. The van der Waals surface area contributed by atoms with Crippen LogP contribution in [0.2, 0.25) is 0 Å². The van der Waals surface area contributed by atoms with E-state index in [4.69, 9.17) is 4.42 Å². The largest absolute Gasteiger partial charge is 0.443 e. The molecule has 8 heteroatoms. The third-order valence-corrected chi connectivity index (χ3v) is 6.36. The van der Waals surface area contributed by atoms with E-state index >= 15 is 0 Å². The van der Waals surface area contributed by atoms with Crippen LogP contribution < -0.4 is 4.72 Å².